The summed E-state index contributed by atoms with van der Waals surface area (Å²) >= 11 is 0. The molecule has 0 aromatic rings. The molecule has 0 aromatic carbocycles. The van der Waals surface area contributed by atoms with Crippen LogP contribution < -0.4 is 0 Å². The smallest absolute Gasteiger partial charge is 0.324 e. The fraction of sp³-hybridized carbons (Fsp3) is 1.00. The minimum Gasteiger partial charge on any atom is -0.324 e. The molecule has 0 aliphatic heterocycles. The zero-order valence-corrected chi connectivity index (χ0v) is 12.7. The van der Waals surface area contributed by atoms with Gasteiger partial charge in [-0.3, -0.25) is 4.57 Å². The van der Waals surface area contributed by atoms with Gasteiger partial charge in [-0.05, 0) is 12.8 Å². The van der Waals surface area contributed by atoms with Crippen molar-refractivity contribution in [1.29, 1.82) is 0 Å². The molecule has 0 radical (unpaired) electrons. The number of rotatable bonds is 9. The van der Waals surface area contributed by atoms with Gasteiger partial charge in [-0.1, -0.05) is 39.5 Å². The van der Waals surface area contributed by atoms with Crippen LogP contribution in [0, 0.1) is 0 Å². The third kappa shape index (κ3) is 12.8. The predicted octanol–water partition coefficient (Wildman–Crippen LogP) is 3.57. The minimum absolute atomic E-state index is 0. The van der Waals surface area contributed by atoms with Crippen LogP contribution in [0.4, 0.5) is 0 Å². The molecular weight excluding hydrogens is 295 g/mol. The fourth-order valence-electron chi connectivity index (χ4n) is 1.19. The summed E-state index contributed by atoms with van der Waals surface area (Å²) in [6.07, 6.45) is 6.22. The van der Waals surface area contributed by atoms with E-state index in [4.69, 9.17) is 4.52 Å². The van der Waals surface area contributed by atoms with Crippen LogP contribution in [0.5, 0.6) is 0 Å². The Morgan fingerprint density at radius 2 is 1.60 bits per heavy atom. The maximum absolute atomic E-state index is 11.4. The van der Waals surface area contributed by atoms with Gasteiger partial charge in [0.05, 0.1) is 6.61 Å². The van der Waals surface area contributed by atoms with Crippen molar-refractivity contribution in [3.05, 3.63) is 0 Å². The van der Waals surface area contributed by atoms with Crippen molar-refractivity contribution in [1.82, 2.24) is 0 Å². The van der Waals surface area contributed by atoms with Crippen LogP contribution in [0.3, 0.4) is 0 Å². The SMILES string of the molecule is CCCCCOP(=O)(O)CCCCC.[Mo]. The van der Waals surface area contributed by atoms with Crippen molar-refractivity contribution >= 4 is 7.60 Å². The standard InChI is InChI=1S/C10H23O3P.Mo/c1-3-5-7-9-13-14(11,12)10-8-6-4-2;/h3-10H2,1-2H3,(H,11,12);. The molecule has 0 amide bonds. The maximum Gasteiger partial charge on any atom is 0.328 e. The molecule has 0 heterocycles. The topological polar surface area (TPSA) is 46.5 Å². The molecule has 0 aromatic heterocycles. The van der Waals surface area contributed by atoms with Gasteiger partial charge in [-0.15, -0.1) is 0 Å². The van der Waals surface area contributed by atoms with Gasteiger partial charge in [-0.25, -0.2) is 0 Å². The van der Waals surface area contributed by atoms with Crippen LogP contribution in [0.2, 0.25) is 0 Å². The van der Waals surface area contributed by atoms with Crippen LogP contribution in [0.1, 0.15) is 52.4 Å². The van der Waals surface area contributed by atoms with Crippen molar-refractivity contribution in [2.45, 2.75) is 52.4 Å². The Bertz CT molecular complexity index is 176. The Labute approximate surface area is 108 Å². The first kappa shape index (κ1) is 18.2. The first-order valence-corrected chi connectivity index (χ1v) is 7.35. The van der Waals surface area contributed by atoms with Crippen molar-refractivity contribution in [2.24, 2.45) is 0 Å². The first-order valence-electron chi connectivity index (χ1n) is 5.58. The van der Waals surface area contributed by atoms with Gasteiger partial charge in [0.15, 0.2) is 0 Å². The van der Waals surface area contributed by atoms with Gasteiger partial charge < -0.3 is 9.42 Å². The van der Waals surface area contributed by atoms with E-state index < -0.39 is 7.60 Å². The molecule has 0 aliphatic carbocycles. The van der Waals surface area contributed by atoms with Crippen LogP contribution >= 0.6 is 7.60 Å². The van der Waals surface area contributed by atoms with E-state index >= 15 is 0 Å². The van der Waals surface area contributed by atoms with E-state index in [1.165, 1.54) is 0 Å². The maximum atomic E-state index is 11.4. The second-order valence-corrected chi connectivity index (χ2v) is 5.59. The van der Waals surface area contributed by atoms with Crippen LogP contribution in [-0.4, -0.2) is 17.7 Å². The molecule has 0 spiro atoms. The zero-order valence-electron chi connectivity index (χ0n) is 9.78. The van der Waals surface area contributed by atoms with Crippen molar-refractivity contribution in [2.75, 3.05) is 12.8 Å². The van der Waals surface area contributed by atoms with Crippen molar-refractivity contribution in [3.8, 4) is 0 Å². The Kier molecular flexibility index (Phi) is 13.8. The molecule has 92 valence electrons. The van der Waals surface area contributed by atoms with Gasteiger partial charge in [-0.2, -0.15) is 0 Å². The molecule has 0 fully saturated rings. The molecule has 1 N–H and O–H groups in total. The molecule has 0 saturated heterocycles. The monoisotopic (exact) mass is 320 g/mol. The second kappa shape index (κ2) is 11.3. The molecule has 1 atom stereocenters. The van der Waals surface area contributed by atoms with E-state index in [0.29, 0.717) is 12.8 Å². The van der Waals surface area contributed by atoms with Gasteiger partial charge >= 0.3 is 7.60 Å². The molecule has 0 saturated carbocycles. The summed E-state index contributed by atoms with van der Waals surface area (Å²) in [4.78, 5) is 9.37. The average molecular weight is 318 g/mol. The summed E-state index contributed by atoms with van der Waals surface area (Å²) in [5.74, 6) is 0. The Morgan fingerprint density at radius 1 is 1.07 bits per heavy atom. The second-order valence-electron chi connectivity index (χ2n) is 3.61. The van der Waals surface area contributed by atoms with E-state index in [0.717, 1.165) is 38.5 Å². The van der Waals surface area contributed by atoms with Crippen LogP contribution in [-0.2, 0) is 30.2 Å². The third-order valence-corrected chi connectivity index (χ3v) is 3.55. The number of hydrogen-bond donors (Lipinski definition) is 1. The minimum atomic E-state index is -3.26. The first-order chi connectivity index (χ1) is 6.62. The summed E-state index contributed by atoms with van der Waals surface area (Å²) in [6, 6.07) is 0. The van der Waals surface area contributed by atoms with E-state index in [1.807, 2.05) is 0 Å². The molecule has 1 unspecified atom stereocenters. The van der Waals surface area contributed by atoms with Gasteiger partial charge in [0.2, 0.25) is 0 Å². The van der Waals surface area contributed by atoms with Crippen LogP contribution in [0.15, 0.2) is 0 Å². The quantitative estimate of drug-likeness (QED) is 0.402. The summed E-state index contributed by atoms with van der Waals surface area (Å²) in [5.41, 5.74) is 0. The Hall–Kier alpha value is 0.838. The molecule has 0 aliphatic rings. The normalized spacial score (nSPS) is 14.3. The molecular formula is C10H23MoO3P. The predicted molar refractivity (Wildman–Crippen MR) is 59.7 cm³/mol. The molecule has 0 rings (SSSR count). The van der Waals surface area contributed by atoms with Crippen molar-refractivity contribution in [3.63, 3.8) is 0 Å². The summed E-state index contributed by atoms with van der Waals surface area (Å²) in [6.45, 7) is 4.60. The van der Waals surface area contributed by atoms with Gasteiger partial charge in [0, 0.05) is 27.2 Å². The van der Waals surface area contributed by atoms with Gasteiger partial charge in [0.25, 0.3) is 0 Å². The Morgan fingerprint density at radius 3 is 2.13 bits per heavy atom. The number of unbranched alkanes of at least 4 members (excludes halogenated alkanes) is 4. The van der Waals surface area contributed by atoms with E-state index in [-0.39, 0.29) is 21.1 Å². The largest absolute Gasteiger partial charge is 0.328 e. The van der Waals surface area contributed by atoms with E-state index in [1.54, 1.807) is 0 Å². The van der Waals surface area contributed by atoms with Gasteiger partial charge in [0.1, 0.15) is 0 Å². The summed E-state index contributed by atoms with van der Waals surface area (Å²) < 4.78 is 16.4. The van der Waals surface area contributed by atoms with E-state index in [2.05, 4.69) is 13.8 Å². The zero-order chi connectivity index (χ0) is 10.9. The summed E-state index contributed by atoms with van der Waals surface area (Å²) in [5, 5.41) is 0. The molecule has 15 heavy (non-hydrogen) atoms. The van der Waals surface area contributed by atoms with Crippen LogP contribution in [0.25, 0.3) is 0 Å². The van der Waals surface area contributed by atoms with E-state index in [9.17, 15) is 9.46 Å². The Balaban J connectivity index is 0. The number of hydrogen-bond acceptors (Lipinski definition) is 2. The summed E-state index contributed by atoms with van der Waals surface area (Å²) in [7, 11) is -3.26. The third-order valence-electron chi connectivity index (χ3n) is 2.09. The molecule has 3 nitrogen and oxygen atoms in total. The molecule has 5 heteroatoms. The molecule has 0 bridgehead atoms. The average Bonchev–Trinajstić information content (AvgIpc) is 2.13. The van der Waals surface area contributed by atoms with Crippen molar-refractivity contribution < 1.29 is 35.0 Å². The fourth-order valence-corrected chi connectivity index (χ4v) is 2.35.